The molecule has 0 aromatic rings. The average Bonchev–Trinajstić information content (AvgIpc) is 2.11. The minimum absolute atomic E-state index is 0.0177. The Kier molecular flexibility index (Phi) is 4.63. The number of cyclic esters (lactones) is 1. The van der Waals surface area contributed by atoms with Gasteiger partial charge in [0, 0.05) is 6.42 Å². The second-order valence-electron chi connectivity index (χ2n) is 3.97. The smallest absolute Gasteiger partial charge is 0.313 e. The standard InChI is InChI=1S/C11H18O3/c1-9-6-4-2-3-5-7-10(12)8-11(13)14-9/h9H,2-8H2,1H3. The first-order chi connectivity index (χ1) is 6.68. The molecule has 0 bridgehead atoms. The van der Waals surface area contributed by atoms with Gasteiger partial charge in [-0.2, -0.15) is 0 Å². The van der Waals surface area contributed by atoms with Gasteiger partial charge < -0.3 is 4.74 Å². The van der Waals surface area contributed by atoms with Gasteiger partial charge in [0.1, 0.15) is 12.2 Å². The monoisotopic (exact) mass is 198 g/mol. The van der Waals surface area contributed by atoms with E-state index in [1.54, 1.807) is 0 Å². The molecule has 1 unspecified atom stereocenters. The molecule has 0 aromatic carbocycles. The maximum atomic E-state index is 11.2. The third-order valence-electron chi connectivity index (χ3n) is 2.49. The third kappa shape index (κ3) is 4.40. The third-order valence-corrected chi connectivity index (χ3v) is 2.49. The topological polar surface area (TPSA) is 43.4 Å². The predicted octanol–water partition coefficient (Wildman–Crippen LogP) is 2.23. The molecule has 0 spiro atoms. The van der Waals surface area contributed by atoms with Crippen LogP contribution in [0.25, 0.3) is 0 Å². The Hall–Kier alpha value is -0.860. The number of ether oxygens (including phenoxy) is 1. The molecule has 0 saturated carbocycles. The number of Topliss-reactive ketones (excluding diaryl/α,β-unsaturated/α-hetero) is 1. The van der Waals surface area contributed by atoms with Crippen molar-refractivity contribution < 1.29 is 14.3 Å². The van der Waals surface area contributed by atoms with Crippen LogP contribution in [0.1, 0.15) is 51.9 Å². The number of rotatable bonds is 0. The molecule has 1 rings (SSSR count). The Labute approximate surface area is 84.8 Å². The van der Waals surface area contributed by atoms with E-state index >= 15 is 0 Å². The molecule has 80 valence electrons. The van der Waals surface area contributed by atoms with Crippen molar-refractivity contribution in [2.45, 2.75) is 58.0 Å². The van der Waals surface area contributed by atoms with Crippen molar-refractivity contribution in [1.82, 2.24) is 0 Å². The van der Waals surface area contributed by atoms with Crippen LogP contribution >= 0.6 is 0 Å². The summed E-state index contributed by atoms with van der Waals surface area (Å²) in [4.78, 5) is 22.4. The van der Waals surface area contributed by atoms with Gasteiger partial charge >= 0.3 is 5.97 Å². The summed E-state index contributed by atoms with van der Waals surface area (Å²) in [7, 11) is 0. The SMILES string of the molecule is CC1CCCCCCC(=O)CC(=O)O1. The van der Waals surface area contributed by atoms with Crippen LogP contribution in [0, 0.1) is 0 Å². The highest BCUT2D eigenvalue weighted by Crippen LogP contribution is 2.12. The molecule has 3 heteroatoms. The second-order valence-corrected chi connectivity index (χ2v) is 3.97. The van der Waals surface area contributed by atoms with E-state index in [9.17, 15) is 9.59 Å². The van der Waals surface area contributed by atoms with Gasteiger partial charge in [-0.25, -0.2) is 0 Å². The molecule has 0 amide bonds. The van der Waals surface area contributed by atoms with E-state index in [0.29, 0.717) is 6.42 Å². The summed E-state index contributed by atoms with van der Waals surface area (Å²) >= 11 is 0. The first-order valence-electron chi connectivity index (χ1n) is 5.39. The fraction of sp³-hybridized carbons (Fsp3) is 0.818. The van der Waals surface area contributed by atoms with Gasteiger partial charge in [-0.15, -0.1) is 0 Å². The van der Waals surface area contributed by atoms with Gasteiger partial charge in [-0.1, -0.05) is 12.8 Å². The van der Waals surface area contributed by atoms with Crippen molar-refractivity contribution in [3.8, 4) is 0 Å². The summed E-state index contributed by atoms with van der Waals surface area (Å²) < 4.78 is 5.09. The summed E-state index contributed by atoms with van der Waals surface area (Å²) in [6, 6.07) is 0. The van der Waals surface area contributed by atoms with Crippen LogP contribution in [0.2, 0.25) is 0 Å². The molecule has 0 aliphatic carbocycles. The number of hydrogen-bond donors (Lipinski definition) is 0. The Morgan fingerprint density at radius 1 is 1.14 bits per heavy atom. The van der Waals surface area contributed by atoms with Crippen molar-refractivity contribution in [3.63, 3.8) is 0 Å². The highest BCUT2D eigenvalue weighted by atomic mass is 16.5. The van der Waals surface area contributed by atoms with Crippen molar-refractivity contribution in [1.29, 1.82) is 0 Å². The number of hydrogen-bond acceptors (Lipinski definition) is 3. The first kappa shape index (κ1) is 11.2. The lowest BCUT2D eigenvalue weighted by Crippen LogP contribution is -2.17. The van der Waals surface area contributed by atoms with E-state index < -0.39 is 0 Å². The average molecular weight is 198 g/mol. The normalized spacial score (nSPS) is 26.5. The van der Waals surface area contributed by atoms with Gasteiger partial charge in [-0.3, -0.25) is 9.59 Å². The number of carbonyl (C=O) groups is 2. The second kappa shape index (κ2) is 5.78. The Bertz CT molecular complexity index is 211. The van der Waals surface area contributed by atoms with Crippen molar-refractivity contribution in [2.75, 3.05) is 0 Å². The fourth-order valence-corrected chi connectivity index (χ4v) is 1.68. The number of carbonyl (C=O) groups excluding carboxylic acids is 2. The molecular formula is C11H18O3. The number of ketones is 1. The molecule has 1 aliphatic heterocycles. The molecule has 1 saturated heterocycles. The Balaban J connectivity index is 2.44. The Morgan fingerprint density at radius 3 is 2.64 bits per heavy atom. The van der Waals surface area contributed by atoms with Crippen LogP contribution in [-0.4, -0.2) is 17.9 Å². The van der Waals surface area contributed by atoms with E-state index in [1.165, 1.54) is 0 Å². The van der Waals surface area contributed by atoms with Crippen LogP contribution < -0.4 is 0 Å². The molecule has 14 heavy (non-hydrogen) atoms. The predicted molar refractivity (Wildman–Crippen MR) is 52.9 cm³/mol. The van der Waals surface area contributed by atoms with Crippen molar-refractivity contribution >= 4 is 11.8 Å². The van der Waals surface area contributed by atoms with E-state index in [4.69, 9.17) is 4.74 Å². The molecule has 1 fully saturated rings. The minimum atomic E-state index is -0.357. The first-order valence-corrected chi connectivity index (χ1v) is 5.39. The zero-order valence-electron chi connectivity index (χ0n) is 8.75. The molecule has 1 aliphatic rings. The van der Waals surface area contributed by atoms with Crippen molar-refractivity contribution in [2.24, 2.45) is 0 Å². The maximum Gasteiger partial charge on any atom is 0.313 e. The zero-order valence-corrected chi connectivity index (χ0v) is 8.75. The Morgan fingerprint density at radius 2 is 1.86 bits per heavy atom. The van der Waals surface area contributed by atoms with Crippen molar-refractivity contribution in [3.05, 3.63) is 0 Å². The quantitative estimate of drug-likeness (QED) is 0.443. The summed E-state index contributed by atoms with van der Waals surface area (Å²) in [5.41, 5.74) is 0. The molecule has 0 radical (unpaired) electrons. The minimum Gasteiger partial charge on any atom is -0.462 e. The zero-order chi connectivity index (χ0) is 10.4. The largest absolute Gasteiger partial charge is 0.462 e. The van der Waals surface area contributed by atoms with E-state index in [-0.39, 0.29) is 24.3 Å². The summed E-state index contributed by atoms with van der Waals surface area (Å²) in [5.74, 6) is -0.339. The van der Waals surface area contributed by atoms with E-state index in [0.717, 1.165) is 32.1 Å². The van der Waals surface area contributed by atoms with E-state index in [2.05, 4.69) is 0 Å². The van der Waals surface area contributed by atoms with Crippen LogP contribution in [0.3, 0.4) is 0 Å². The van der Waals surface area contributed by atoms with Gasteiger partial charge in [0.15, 0.2) is 0 Å². The van der Waals surface area contributed by atoms with Crippen LogP contribution in [0.15, 0.2) is 0 Å². The van der Waals surface area contributed by atoms with Gasteiger partial charge in [0.25, 0.3) is 0 Å². The molecule has 0 N–H and O–H groups in total. The van der Waals surface area contributed by atoms with Crippen LogP contribution in [0.5, 0.6) is 0 Å². The van der Waals surface area contributed by atoms with Crippen LogP contribution in [-0.2, 0) is 14.3 Å². The molecule has 1 atom stereocenters. The van der Waals surface area contributed by atoms with E-state index in [1.807, 2.05) is 6.92 Å². The highest BCUT2D eigenvalue weighted by molar-refractivity contribution is 5.95. The summed E-state index contributed by atoms with van der Waals surface area (Å²) in [6.45, 7) is 1.89. The van der Waals surface area contributed by atoms with Crippen LogP contribution in [0.4, 0.5) is 0 Å². The van der Waals surface area contributed by atoms with Gasteiger partial charge in [0.05, 0.1) is 6.10 Å². The molecule has 0 aromatic heterocycles. The summed E-state index contributed by atoms with van der Waals surface area (Å²) in [5, 5.41) is 0. The highest BCUT2D eigenvalue weighted by Gasteiger charge is 2.14. The lowest BCUT2D eigenvalue weighted by atomic mass is 10.1. The lowest BCUT2D eigenvalue weighted by molar-refractivity contribution is -0.150. The number of esters is 1. The lowest BCUT2D eigenvalue weighted by Gasteiger charge is -2.11. The fourth-order valence-electron chi connectivity index (χ4n) is 1.68. The van der Waals surface area contributed by atoms with Gasteiger partial charge in [0.2, 0.25) is 0 Å². The van der Waals surface area contributed by atoms with Gasteiger partial charge in [-0.05, 0) is 26.2 Å². The maximum absolute atomic E-state index is 11.2. The molecule has 3 nitrogen and oxygen atoms in total. The molecular weight excluding hydrogens is 180 g/mol. The molecule has 1 heterocycles. The summed E-state index contributed by atoms with van der Waals surface area (Å²) in [6.07, 6.45) is 5.60.